The van der Waals surface area contributed by atoms with E-state index in [2.05, 4.69) is 0 Å². The molecule has 0 aromatic heterocycles. The molecule has 1 amide bonds. The van der Waals surface area contributed by atoms with Crippen molar-refractivity contribution in [1.29, 1.82) is 0 Å². The number of hydroxylamine groups is 2. The second kappa shape index (κ2) is 5.33. The summed E-state index contributed by atoms with van der Waals surface area (Å²) in [6.07, 6.45) is -0.0307. The van der Waals surface area contributed by atoms with Gasteiger partial charge < -0.3 is 5.21 Å². The zero-order valence-corrected chi connectivity index (χ0v) is 7.47. The van der Waals surface area contributed by atoms with Crippen LogP contribution in [0.3, 0.4) is 0 Å². The average molecular weight is 196 g/mol. The Morgan fingerprint density at radius 3 is 2.43 bits per heavy atom. The lowest BCUT2D eigenvalue weighted by Crippen LogP contribution is -2.26. The van der Waals surface area contributed by atoms with Crippen molar-refractivity contribution in [3.8, 4) is 0 Å². The van der Waals surface area contributed by atoms with Crippen LogP contribution >= 0.6 is 0 Å². The van der Waals surface area contributed by atoms with Crippen LogP contribution in [0.4, 0.5) is 0 Å². The highest BCUT2D eigenvalue weighted by Gasteiger charge is 2.13. The average Bonchev–Trinajstić information content (AvgIpc) is 2.26. The molecule has 0 aliphatic carbocycles. The highest BCUT2D eigenvalue weighted by atomic mass is 16.5. The number of benzene rings is 1. The van der Waals surface area contributed by atoms with E-state index in [0.29, 0.717) is 0 Å². The minimum Gasteiger partial charge on any atom is -0.316 e. The van der Waals surface area contributed by atoms with Gasteiger partial charge in [-0.15, -0.1) is 0 Å². The van der Waals surface area contributed by atoms with Crippen molar-refractivity contribution in [2.24, 2.45) is 0 Å². The quantitative estimate of drug-likeness (QED) is 0.420. The van der Waals surface area contributed by atoms with Crippen LogP contribution in [0.25, 0.3) is 0 Å². The third kappa shape index (κ3) is 2.81. The molecule has 0 aliphatic heterocycles. The normalized spacial score (nSPS) is 12.1. The lowest BCUT2D eigenvalue weighted by atomic mass is 10.0. The van der Waals surface area contributed by atoms with E-state index in [0.717, 1.165) is 5.56 Å². The fraction of sp³-hybridized carbons (Fsp3) is 0.222. The number of nitrogens with one attached hydrogen (secondary N) is 2. The summed E-state index contributed by atoms with van der Waals surface area (Å²) in [6, 6.07) is 8.48. The topological polar surface area (TPSA) is 81.6 Å². The summed E-state index contributed by atoms with van der Waals surface area (Å²) in [5.74, 6) is -0.555. The van der Waals surface area contributed by atoms with E-state index in [4.69, 9.17) is 10.4 Å². The molecule has 0 saturated heterocycles. The SMILES string of the molecule is O=C(C[C@H](NO)c1ccccc1)NO. The Bertz CT molecular complexity index is 289. The van der Waals surface area contributed by atoms with Crippen LogP contribution in [0, 0.1) is 0 Å². The van der Waals surface area contributed by atoms with Gasteiger partial charge in [0.2, 0.25) is 5.91 Å². The monoisotopic (exact) mass is 196 g/mol. The second-order valence-electron chi connectivity index (χ2n) is 2.83. The van der Waals surface area contributed by atoms with Crippen LogP contribution in [0.5, 0.6) is 0 Å². The molecule has 0 aliphatic rings. The molecular formula is C9H12N2O3. The van der Waals surface area contributed by atoms with Crippen LogP contribution in [0.2, 0.25) is 0 Å². The van der Waals surface area contributed by atoms with E-state index in [1.807, 2.05) is 11.5 Å². The van der Waals surface area contributed by atoms with E-state index in [1.165, 1.54) is 5.48 Å². The van der Waals surface area contributed by atoms with E-state index < -0.39 is 11.9 Å². The Morgan fingerprint density at radius 2 is 1.93 bits per heavy atom. The first-order valence-electron chi connectivity index (χ1n) is 4.15. The van der Waals surface area contributed by atoms with E-state index in [1.54, 1.807) is 24.3 Å². The van der Waals surface area contributed by atoms with Crippen molar-refractivity contribution >= 4 is 5.91 Å². The summed E-state index contributed by atoms with van der Waals surface area (Å²) in [5.41, 5.74) is 4.30. The van der Waals surface area contributed by atoms with Crippen LogP contribution < -0.4 is 11.0 Å². The number of amides is 1. The van der Waals surface area contributed by atoms with Crippen molar-refractivity contribution < 1.29 is 15.2 Å². The van der Waals surface area contributed by atoms with Gasteiger partial charge in [-0.3, -0.25) is 10.0 Å². The van der Waals surface area contributed by atoms with Crippen molar-refractivity contribution in [1.82, 2.24) is 11.0 Å². The van der Waals surface area contributed by atoms with E-state index in [-0.39, 0.29) is 6.42 Å². The third-order valence-electron chi connectivity index (χ3n) is 1.87. The maximum Gasteiger partial charge on any atom is 0.245 e. The molecule has 0 saturated carbocycles. The molecule has 14 heavy (non-hydrogen) atoms. The first kappa shape index (κ1) is 10.6. The van der Waals surface area contributed by atoms with Gasteiger partial charge in [-0.05, 0) is 5.56 Å². The molecule has 0 heterocycles. The molecule has 0 radical (unpaired) electrons. The molecule has 1 aromatic rings. The van der Waals surface area contributed by atoms with Gasteiger partial charge in [0, 0.05) is 0 Å². The van der Waals surface area contributed by atoms with Crippen LogP contribution in [-0.4, -0.2) is 16.3 Å². The zero-order chi connectivity index (χ0) is 10.4. The largest absolute Gasteiger partial charge is 0.316 e. The standard InChI is InChI=1S/C9H12N2O3/c12-9(11-14)6-8(10-13)7-4-2-1-3-5-7/h1-5,8,10,13-14H,6H2,(H,11,12)/t8-/m0/s1. The molecule has 0 spiro atoms. The zero-order valence-electron chi connectivity index (χ0n) is 7.47. The summed E-state index contributed by atoms with van der Waals surface area (Å²) < 4.78 is 0. The summed E-state index contributed by atoms with van der Waals surface area (Å²) in [6.45, 7) is 0. The van der Waals surface area contributed by atoms with Crippen LogP contribution in [0.1, 0.15) is 18.0 Å². The van der Waals surface area contributed by atoms with Gasteiger partial charge in [-0.25, -0.2) is 5.48 Å². The molecular weight excluding hydrogens is 184 g/mol. The smallest absolute Gasteiger partial charge is 0.245 e. The minimum atomic E-state index is -0.555. The molecule has 1 atom stereocenters. The first-order valence-corrected chi connectivity index (χ1v) is 4.15. The Labute approximate surface area is 81.3 Å². The number of carbonyl (C=O) groups excluding carboxylic acids is 1. The van der Waals surface area contributed by atoms with Gasteiger partial charge in [-0.1, -0.05) is 30.3 Å². The van der Waals surface area contributed by atoms with Crippen molar-refractivity contribution in [3.05, 3.63) is 35.9 Å². The fourth-order valence-electron chi connectivity index (χ4n) is 1.15. The number of hydrogen-bond donors (Lipinski definition) is 4. The number of rotatable bonds is 4. The molecule has 1 aromatic carbocycles. The Kier molecular flexibility index (Phi) is 4.06. The summed E-state index contributed by atoms with van der Waals surface area (Å²) in [4.78, 5) is 10.8. The predicted molar refractivity (Wildman–Crippen MR) is 48.7 cm³/mol. The fourth-order valence-corrected chi connectivity index (χ4v) is 1.15. The lowest BCUT2D eigenvalue weighted by Gasteiger charge is -2.13. The molecule has 76 valence electrons. The molecule has 5 nitrogen and oxygen atoms in total. The van der Waals surface area contributed by atoms with E-state index in [9.17, 15) is 4.79 Å². The van der Waals surface area contributed by atoms with Gasteiger partial charge in [-0.2, -0.15) is 5.48 Å². The van der Waals surface area contributed by atoms with Crippen molar-refractivity contribution in [3.63, 3.8) is 0 Å². The molecule has 4 N–H and O–H groups in total. The second-order valence-corrected chi connectivity index (χ2v) is 2.83. The Morgan fingerprint density at radius 1 is 1.29 bits per heavy atom. The number of hydrogen-bond acceptors (Lipinski definition) is 4. The maximum atomic E-state index is 10.8. The molecule has 0 unspecified atom stereocenters. The first-order chi connectivity index (χ1) is 6.77. The van der Waals surface area contributed by atoms with Crippen molar-refractivity contribution in [2.75, 3.05) is 0 Å². The van der Waals surface area contributed by atoms with E-state index >= 15 is 0 Å². The minimum absolute atomic E-state index is 0.0307. The highest BCUT2D eigenvalue weighted by Crippen LogP contribution is 2.15. The van der Waals surface area contributed by atoms with Crippen LogP contribution in [-0.2, 0) is 4.79 Å². The number of carbonyl (C=O) groups is 1. The van der Waals surface area contributed by atoms with Gasteiger partial charge in [0.25, 0.3) is 0 Å². The van der Waals surface area contributed by atoms with Gasteiger partial charge in [0.05, 0.1) is 12.5 Å². The maximum absolute atomic E-state index is 10.8. The Hall–Kier alpha value is -1.43. The summed E-state index contributed by atoms with van der Waals surface area (Å²) in [7, 11) is 0. The highest BCUT2D eigenvalue weighted by molar-refractivity contribution is 5.75. The predicted octanol–water partition coefficient (Wildman–Crippen LogP) is 0.602. The Balaban J connectivity index is 2.68. The van der Waals surface area contributed by atoms with Gasteiger partial charge in [0.15, 0.2) is 0 Å². The van der Waals surface area contributed by atoms with Crippen molar-refractivity contribution in [2.45, 2.75) is 12.5 Å². The summed E-state index contributed by atoms with van der Waals surface area (Å²) >= 11 is 0. The summed E-state index contributed by atoms with van der Waals surface area (Å²) in [5, 5.41) is 17.1. The molecule has 1 rings (SSSR count). The molecule has 0 fully saturated rings. The lowest BCUT2D eigenvalue weighted by molar-refractivity contribution is -0.130. The third-order valence-corrected chi connectivity index (χ3v) is 1.87. The molecule has 5 heteroatoms. The van der Waals surface area contributed by atoms with Crippen LogP contribution in [0.15, 0.2) is 30.3 Å². The molecule has 0 bridgehead atoms. The van der Waals surface area contributed by atoms with Gasteiger partial charge in [0.1, 0.15) is 0 Å². The van der Waals surface area contributed by atoms with Gasteiger partial charge >= 0.3 is 0 Å².